The molecule has 0 radical (unpaired) electrons. The molecule has 0 aliphatic carbocycles. The first kappa shape index (κ1) is 16.2. The number of halogens is 1. The second-order valence-corrected chi connectivity index (χ2v) is 5.52. The molecule has 0 bridgehead atoms. The van der Waals surface area contributed by atoms with E-state index in [0.29, 0.717) is 27.2 Å². The molecule has 0 atom stereocenters. The van der Waals surface area contributed by atoms with Crippen molar-refractivity contribution in [1.29, 1.82) is 0 Å². The van der Waals surface area contributed by atoms with Crippen molar-refractivity contribution in [2.24, 2.45) is 0 Å². The lowest BCUT2D eigenvalue weighted by Crippen LogP contribution is -2.12. The Morgan fingerprint density at radius 2 is 1.96 bits per heavy atom. The molecular weight excluding hydrogens is 330 g/mol. The Hall–Kier alpha value is -2.63. The molecule has 1 aromatic heterocycles. The summed E-state index contributed by atoms with van der Waals surface area (Å²) in [6.07, 6.45) is 0. The lowest BCUT2D eigenvalue weighted by Gasteiger charge is -2.10. The number of carbonyl (C=O) groups is 1. The maximum absolute atomic E-state index is 12.4. The molecule has 6 heteroatoms. The van der Waals surface area contributed by atoms with E-state index in [1.807, 2.05) is 6.07 Å². The van der Waals surface area contributed by atoms with Gasteiger partial charge in [-0.2, -0.15) is 0 Å². The molecule has 0 saturated carbocycles. The monoisotopic (exact) mass is 343 g/mol. The number of fused-ring (bicyclic) bond motifs is 1. The Morgan fingerprint density at radius 1 is 1.17 bits per heavy atom. The fourth-order valence-corrected chi connectivity index (χ4v) is 2.72. The van der Waals surface area contributed by atoms with Gasteiger partial charge in [0, 0.05) is 22.0 Å². The first-order valence-corrected chi connectivity index (χ1v) is 7.68. The minimum absolute atomic E-state index is 0.107. The van der Waals surface area contributed by atoms with E-state index >= 15 is 0 Å². The van der Waals surface area contributed by atoms with Gasteiger partial charge in [-0.05, 0) is 18.2 Å². The summed E-state index contributed by atoms with van der Waals surface area (Å²) in [6.45, 7) is -0.373. The van der Waals surface area contributed by atoms with Crippen molar-refractivity contribution in [2.75, 3.05) is 13.2 Å². The molecule has 0 aliphatic rings. The zero-order chi connectivity index (χ0) is 17.1. The highest BCUT2D eigenvalue weighted by atomic mass is 35.5. The molecule has 0 spiro atoms. The number of esters is 1. The van der Waals surface area contributed by atoms with E-state index in [-0.39, 0.29) is 24.2 Å². The first-order chi connectivity index (χ1) is 11.6. The highest BCUT2D eigenvalue weighted by molar-refractivity contribution is 6.33. The number of benzene rings is 2. The average Bonchev–Trinajstić information content (AvgIpc) is 2.59. The van der Waals surface area contributed by atoms with Crippen LogP contribution in [-0.2, 0) is 4.74 Å². The number of carbonyl (C=O) groups excluding carboxylic acids is 1. The molecule has 2 aromatic carbocycles. The fourth-order valence-electron chi connectivity index (χ4n) is 2.48. The van der Waals surface area contributed by atoms with Gasteiger partial charge >= 0.3 is 5.97 Å². The van der Waals surface area contributed by atoms with Crippen molar-refractivity contribution in [3.05, 3.63) is 69.3 Å². The van der Waals surface area contributed by atoms with Gasteiger partial charge in [0.25, 0.3) is 0 Å². The lowest BCUT2D eigenvalue weighted by atomic mass is 10.1. The number of H-pyrrole nitrogens is 1. The van der Waals surface area contributed by atoms with Gasteiger partial charge in [-0.15, -0.1) is 0 Å². The molecule has 0 fully saturated rings. The Morgan fingerprint density at radius 3 is 2.71 bits per heavy atom. The van der Waals surface area contributed by atoms with Crippen LogP contribution in [0.4, 0.5) is 0 Å². The van der Waals surface area contributed by atoms with Gasteiger partial charge in [-0.3, -0.25) is 4.79 Å². The van der Waals surface area contributed by atoms with Crippen molar-refractivity contribution in [3.8, 4) is 11.3 Å². The first-order valence-electron chi connectivity index (χ1n) is 7.30. The number of para-hydroxylation sites is 1. The highest BCUT2D eigenvalue weighted by Gasteiger charge is 2.15. The van der Waals surface area contributed by atoms with Gasteiger partial charge in [0.2, 0.25) is 0 Å². The third kappa shape index (κ3) is 3.04. The number of aromatic nitrogens is 1. The van der Waals surface area contributed by atoms with Crippen LogP contribution in [0.25, 0.3) is 22.2 Å². The Kier molecular flexibility index (Phi) is 4.64. The number of aromatic amines is 1. The SMILES string of the molecule is O=C(OCCO)c1cccc2c(=O)cc(-c3ccccc3Cl)[nH]c12. The number of ether oxygens (including phenoxy) is 1. The second kappa shape index (κ2) is 6.86. The molecule has 5 nitrogen and oxygen atoms in total. The smallest absolute Gasteiger partial charge is 0.340 e. The van der Waals surface area contributed by atoms with Crippen molar-refractivity contribution in [1.82, 2.24) is 4.98 Å². The normalized spacial score (nSPS) is 10.8. The van der Waals surface area contributed by atoms with Crippen molar-refractivity contribution < 1.29 is 14.6 Å². The predicted octanol–water partition coefficient (Wildman–Crippen LogP) is 3.00. The highest BCUT2D eigenvalue weighted by Crippen LogP contribution is 2.27. The zero-order valence-electron chi connectivity index (χ0n) is 12.6. The largest absolute Gasteiger partial charge is 0.460 e. The number of nitrogens with one attached hydrogen (secondary N) is 1. The van der Waals surface area contributed by atoms with Crippen LogP contribution in [0.3, 0.4) is 0 Å². The number of aliphatic hydroxyl groups excluding tert-OH is 1. The maximum atomic E-state index is 12.4. The van der Waals surface area contributed by atoms with E-state index in [1.54, 1.807) is 36.4 Å². The van der Waals surface area contributed by atoms with Crippen LogP contribution >= 0.6 is 11.6 Å². The van der Waals surface area contributed by atoms with E-state index in [2.05, 4.69) is 4.98 Å². The second-order valence-electron chi connectivity index (χ2n) is 5.11. The number of aliphatic hydroxyl groups is 1. The molecule has 0 aliphatic heterocycles. The summed E-state index contributed by atoms with van der Waals surface area (Å²) in [4.78, 5) is 27.7. The predicted molar refractivity (Wildman–Crippen MR) is 92.4 cm³/mol. The Balaban J connectivity index is 2.21. The summed E-state index contributed by atoms with van der Waals surface area (Å²) in [7, 11) is 0. The zero-order valence-corrected chi connectivity index (χ0v) is 13.3. The standard InChI is InChI=1S/C18H14ClNO4/c19-14-7-2-1-4-11(14)15-10-16(22)12-5-3-6-13(17(12)20-15)18(23)24-9-8-21/h1-7,10,21H,8-9H2,(H,20,22). The van der Waals surface area contributed by atoms with Crippen LogP contribution in [0, 0.1) is 0 Å². The molecule has 0 amide bonds. The summed E-state index contributed by atoms with van der Waals surface area (Å²) in [6, 6.07) is 13.4. The van der Waals surface area contributed by atoms with E-state index in [9.17, 15) is 9.59 Å². The van der Waals surface area contributed by atoms with Crippen LogP contribution < -0.4 is 5.43 Å². The minimum Gasteiger partial charge on any atom is -0.460 e. The van der Waals surface area contributed by atoms with Gasteiger partial charge in [0.05, 0.1) is 23.4 Å². The van der Waals surface area contributed by atoms with Crippen LogP contribution in [-0.4, -0.2) is 29.3 Å². The van der Waals surface area contributed by atoms with Crippen LogP contribution in [0.15, 0.2) is 53.3 Å². The van der Waals surface area contributed by atoms with Crippen molar-refractivity contribution in [2.45, 2.75) is 0 Å². The number of hydrogen-bond acceptors (Lipinski definition) is 4. The van der Waals surface area contributed by atoms with Crippen LogP contribution in [0.5, 0.6) is 0 Å². The van der Waals surface area contributed by atoms with Crippen LogP contribution in [0.1, 0.15) is 10.4 Å². The van der Waals surface area contributed by atoms with Crippen molar-refractivity contribution >= 4 is 28.5 Å². The molecule has 122 valence electrons. The molecule has 0 unspecified atom stereocenters. The molecule has 2 N–H and O–H groups in total. The molecule has 3 aromatic rings. The van der Waals surface area contributed by atoms with E-state index in [1.165, 1.54) is 6.07 Å². The maximum Gasteiger partial charge on any atom is 0.340 e. The molecular formula is C18H14ClNO4. The number of rotatable bonds is 4. The van der Waals surface area contributed by atoms with E-state index < -0.39 is 5.97 Å². The van der Waals surface area contributed by atoms with Crippen molar-refractivity contribution in [3.63, 3.8) is 0 Å². The lowest BCUT2D eigenvalue weighted by molar-refractivity contribution is 0.0436. The average molecular weight is 344 g/mol. The van der Waals surface area contributed by atoms with Crippen LogP contribution in [0.2, 0.25) is 5.02 Å². The summed E-state index contributed by atoms with van der Waals surface area (Å²) >= 11 is 6.19. The quantitative estimate of drug-likeness (QED) is 0.714. The number of pyridine rings is 1. The minimum atomic E-state index is -0.610. The number of hydrogen-bond donors (Lipinski definition) is 2. The molecule has 1 heterocycles. The van der Waals surface area contributed by atoms with Gasteiger partial charge in [-0.25, -0.2) is 4.79 Å². The van der Waals surface area contributed by atoms with E-state index in [4.69, 9.17) is 21.4 Å². The van der Waals surface area contributed by atoms with E-state index in [0.717, 1.165) is 0 Å². The topological polar surface area (TPSA) is 79.4 Å². The fraction of sp³-hybridized carbons (Fsp3) is 0.111. The third-order valence-corrected chi connectivity index (χ3v) is 3.90. The van der Waals surface area contributed by atoms with Gasteiger partial charge in [0.15, 0.2) is 5.43 Å². The van der Waals surface area contributed by atoms with Gasteiger partial charge < -0.3 is 14.8 Å². The molecule has 3 rings (SSSR count). The Labute approximate surface area is 142 Å². The summed E-state index contributed by atoms with van der Waals surface area (Å²) in [5.74, 6) is -0.610. The van der Waals surface area contributed by atoms with Gasteiger partial charge in [-0.1, -0.05) is 35.9 Å². The molecule has 24 heavy (non-hydrogen) atoms. The Bertz CT molecular complexity index is 965. The molecule has 0 saturated heterocycles. The summed E-state index contributed by atoms with van der Waals surface area (Å²) < 4.78 is 4.96. The summed E-state index contributed by atoms with van der Waals surface area (Å²) in [5, 5.41) is 9.67. The van der Waals surface area contributed by atoms with Gasteiger partial charge in [0.1, 0.15) is 6.61 Å². The summed E-state index contributed by atoms with van der Waals surface area (Å²) in [5.41, 5.74) is 1.56. The third-order valence-electron chi connectivity index (χ3n) is 3.57.